The Morgan fingerprint density at radius 1 is 1.03 bits per heavy atom. The van der Waals surface area contributed by atoms with Crippen LogP contribution < -0.4 is 21.1 Å². The van der Waals surface area contributed by atoms with Gasteiger partial charge in [-0.05, 0) is 48.5 Å². The quantitative estimate of drug-likeness (QED) is 0.190. The monoisotopic (exact) mass is 569 g/mol. The molecule has 0 heterocycles. The fourth-order valence-corrected chi connectivity index (χ4v) is 3.64. The second kappa shape index (κ2) is 14.0. The van der Waals surface area contributed by atoms with Gasteiger partial charge in [-0.25, -0.2) is 4.79 Å². The van der Waals surface area contributed by atoms with E-state index < -0.39 is 24.2 Å². The van der Waals surface area contributed by atoms with Gasteiger partial charge in [0.1, 0.15) is 18.5 Å². The number of rotatable bonds is 11. The minimum absolute atomic E-state index is 0.0449. The first-order valence-corrected chi connectivity index (χ1v) is 12.1. The van der Waals surface area contributed by atoms with Crippen LogP contribution in [0.15, 0.2) is 89.4 Å². The average Bonchev–Trinajstić information content (AvgIpc) is 2.90. The van der Waals surface area contributed by atoms with E-state index in [-0.39, 0.29) is 13.2 Å². The molecular weight excluding hydrogens is 542 g/mol. The summed E-state index contributed by atoms with van der Waals surface area (Å²) in [5.41, 5.74) is 7.81. The van der Waals surface area contributed by atoms with Crippen molar-refractivity contribution in [1.29, 1.82) is 0 Å². The molecule has 0 fully saturated rings. The number of nitrogen functional groups attached to an aromatic ring is 1. The maximum absolute atomic E-state index is 12.8. The molecule has 0 aliphatic carbocycles. The normalized spacial score (nSPS) is 12.5. The number of halogens is 1. The molecule has 37 heavy (non-hydrogen) atoms. The van der Waals surface area contributed by atoms with E-state index in [9.17, 15) is 14.7 Å². The molecule has 0 saturated heterocycles. The highest BCUT2D eigenvalue weighted by Gasteiger charge is 2.28. The third kappa shape index (κ3) is 8.35. The van der Waals surface area contributed by atoms with Crippen LogP contribution in [0, 0.1) is 0 Å². The molecule has 0 spiro atoms. The molecule has 0 radical (unpaired) electrons. The Balaban J connectivity index is 1.85. The second-order valence-electron chi connectivity index (χ2n) is 7.70. The van der Waals surface area contributed by atoms with Gasteiger partial charge >= 0.3 is 6.09 Å². The van der Waals surface area contributed by atoms with Crippen molar-refractivity contribution >= 4 is 45.0 Å². The lowest BCUT2D eigenvalue weighted by atomic mass is 10.0. The number of nitrogens with one attached hydrogen (secondary N) is 2. The van der Waals surface area contributed by atoms with Crippen LogP contribution in [0.1, 0.15) is 11.7 Å². The molecule has 2 atom stereocenters. The predicted octanol–water partition coefficient (Wildman–Crippen LogP) is 4.90. The first-order valence-electron chi connectivity index (χ1n) is 11.3. The molecule has 3 aromatic rings. The van der Waals surface area contributed by atoms with Crippen molar-refractivity contribution in [2.45, 2.75) is 12.2 Å². The lowest BCUT2D eigenvalue weighted by Crippen LogP contribution is -2.27. The molecule has 3 aromatic carbocycles. The topological polar surface area (TPSA) is 132 Å². The molecule has 9 nitrogen and oxygen atoms in total. The Labute approximate surface area is 223 Å². The molecule has 10 heteroatoms. The Morgan fingerprint density at radius 2 is 1.73 bits per heavy atom. The van der Waals surface area contributed by atoms with Gasteiger partial charge in [0.2, 0.25) is 5.91 Å². The summed E-state index contributed by atoms with van der Waals surface area (Å²) in [6.45, 7) is -0.149. The molecule has 0 bridgehead atoms. The minimum atomic E-state index is -0.999. The molecule has 0 aromatic heterocycles. The number of carbonyl (C=O) groups excluding carboxylic acids is 2. The standard InChI is InChI=1S/C27H28BrN3O6/c1-35-24(14-15-25(33)31-22-8-4-3-7-21(22)29)26(20-6-2-5-9-23(20)36-17-16-32)37-27(34)30-19-12-10-18(28)11-13-19/h2-15,24,26,32H,16-17,29H2,1H3,(H,30,34)(H,31,33)/b15-14+/t24-,26-/m0/s1. The lowest BCUT2D eigenvalue weighted by Gasteiger charge is -2.26. The summed E-state index contributed by atoms with van der Waals surface area (Å²) >= 11 is 3.35. The molecular formula is C27H28BrN3O6. The van der Waals surface area contributed by atoms with Gasteiger partial charge in [-0.2, -0.15) is 0 Å². The van der Waals surface area contributed by atoms with Crippen LogP contribution in [-0.4, -0.2) is 43.5 Å². The number of hydrogen-bond acceptors (Lipinski definition) is 7. The summed E-state index contributed by atoms with van der Waals surface area (Å²) in [5.74, 6) is -0.0437. The van der Waals surface area contributed by atoms with Crippen LogP contribution in [-0.2, 0) is 14.3 Å². The Kier molecular flexibility index (Phi) is 10.5. The highest BCUT2D eigenvalue weighted by Crippen LogP contribution is 2.32. The third-order valence-electron chi connectivity index (χ3n) is 5.13. The lowest BCUT2D eigenvalue weighted by molar-refractivity contribution is -0.112. The van der Waals surface area contributed by atoms with Gasteiger partial charge in [0.05, 0.1) is 18.0 Å². The Morgan fingerprint density at radius 3 is 2.43 bits per heavy atom. The number of benzene rings is 3. The number of aliphatic hydroxyl groups excluding tert-OH is 1. The van der Waals surface area contributed by atoms with E-state index in [0.29, 0.717) is 28.4 Å². The maximum atomic E-state index is 12.8. The van der Waals surface area contributed by atoms with E-state index in [0.717, 1.165) is 4.47 Å². The molecule has 5 N–H and O–H groups in total. The molecule has 0 saturated carbocycles. The maximum Gasteiger partial charge on any atom is 0.412 e. The predicted molar refractivity (Wildman–Crippen MR) is 145 cm³/mol. The van der Waals surface area contributed by atoms with Crippen LogP contribution in [0.5, 0.6) is 5.75 Å². The SMILES string of the molecule is CO[C@@H](/C=C/C(=O)Nc1ccccc1N)[C@@H](OC(=O)Nc1ccc(Br)cc1)c1ccccc1OCCO. The summed E-state index contributed by atoms with van der Waals surface area (Å²) in [6.07, 6.45) is 0.159. The van der Waals surface area contributed by atoms with Gasteiger partial charge in [0.25, 0.3) is 0 Å². The van der Waals surface area contributed by atoms with E-state index in [2.05, 4.69) is 26.6 Å². The van der Waals surface area contributed by atoms with E-state index in [1.807, 2.05) is 0 Å². The number of ether oxygens (including phenoxy) is 3. The molecule has 0 unspecified atom stereocenters. The number of aliphatic hydroxyl groups is 1. The van der Waals surface area contributed by atoms with Crippen molar-refractivity contribution in [1.82, 2.24) is 0 Å². The van der Waals surface area contributed by atoms with E-state index >= 15 is 0 Å². The van der Waals surface area contributed by atoms with Gasteiger partial charge in [-0.1, -0.05) is 46.3 Å². The number of para-hydroxylation sites is 3. The smallest absolute Gasteiger partial charge is 0.412 e. The number of nitrogens with two attached hydrogens (primary N) is 1. The van der Waals surface area contributed by atoms with Gasteiger partial charge < -0.3 is 30.4 Å². The van der Waals surface area contributed by atoms with E-state index in [1.54, 1.807) is 72.8 Å². The summed E-state index contributed by atoms with van der Waals surface area (Å²) in [6, 6.07) is 20.8. The first kappa shape index (κ1) is 27.7. The number of anilines is 3. The third-order valence-corrected chi connectivity index (χ3v) is 5.65. The van der Waals surface area contributed by atoms with Crippen molar-refractivity contribution in [2.75, 3.05) is 36.7 Å². The largest absolute Gasteiger partial charge is 0.491 e. The molecule has 0 aliphatic rings. The van der Waals surface area contributed by atoms with Crippen molar-refractivity contribution in [3.05, 3.63) is 95.0 Å². The molecule has 2 amide bonds. The summed E-state index contributed by atoms with van der Waals surface area (Å²) < 4.78 is 17.9. The highest BCUT2D eigenvalue weighted by molar-refractivity contribution is 9.10. The number of hydrogen-bond donors (Lipinski definition) is 4. The minimum Gasteiger partial charge on any atom is -0.491 e. The molecule has 3 rings (SSSR count). The number of methoxy groups -OCH3 is 1. The fraction of sp³-hybridized carbons (Fsp3) is 0.185. The van der Waals surface area contributed by atoms with Crippen molar-refractivity contribution in [3.8, 4) is 5.75 Å². The molecule has 194 valence electrons. The summed E-state index contributed by atoms with van der Waals surface area (Å²) in [5, 5.41) is 14.6. The second-order valence-corrected chi connectivity index (χ2v) is 8.62. The van der Waals surface area contributed by atoms with Crippen molar-refractivity contribution < 1.29 is 28.9 Å². The Hall–Kier alpha value is -3.86. The van der Waals surface area contributed by atoms with Crippen LogP contribution in [0.2, 0.25) is 0 Å². The van der Waals surface area contributed by atoms with Crippen molar-refractivity contribution in [3.63, 3.8) is 0 Å². The van der Waals surface area contributed by atoms with Crippen LogP contribution in [0.25, 0.3) is 0 Å². The number of carbonyl (C=O) groups is 2. The summed E-state index contributed by atoms with van der Waals surface area (Å²) in [7, 11) is 1.43. The van der Waals surface area contributed by atoms with Crippen molar-refractivity contribution in [2.24, 2.45) is 0 Å². The van der Waals surface area contributed by atoms with E-state index in [1.165, 1.54) is 19.3 Å². The number of amides is 2. The van der Waals surface area contributed by atoms with Crippen LogP contribution >= 0.6 is 15.9 Å². The van der Waals surface area contributed by atoms with Crippen LogP contribution in [0.3, 0.4) is 0 Å². The fourth-order valence-electron chi connectivity index (χ4n) is 3.38. The molecule has 0 aliphatic heterocycles. The average molecular weight is 570 g/mol. The van der Waals surface area contributed by atoms with Gasteiger partial charge in [-0.3, -0.25) is 10.1 Å². The zero-order valence-electron chi connectivity index (χ0n) is 20.1. The highest BCUT2D eigenvalue weighted by atomic mass is 79.9. The first-order chi connectivity index (χ1) is 17.9. The van der Waals surface area contributed by atoms with Gasteiger partial charge in [-0.15, -0.1) is 0 Å². The van der Waals surface area contributed by atoms with E-state index in [4.69, 9.17) is 19.9 Å². The van der Waals surface area contributed by atoms with Crippen LogP contribution in [0.4, 0.5) is 21.9 Å². The summed E-state index contributed by atoms with van der Waals surface area (Å²) in [4.78, 5) is 25.4. The van der Waals surface area contributed by atoms with Gasteiger partial charge in [0, 0.05) is 28.9 Å². The zero-order chi connectivity index (χ0) is 26.6. The van der Waals surface area contributed by atoms with Gasteiger partial charge in [0.15, 0.2) is 6.10 Å². The Bertz CT molecular complexity index is 1220. The zero-order valence-corrected chi connectivity index (χ0v) is 21.7.